The van der Waals surface area contributed by atoms with Crippen molar-refractivity contribution >= 4 is 11.6 Å². The number of halogens is 2. The molecule has 0 bridgehead atoms. The highest BCUT2D eigenvalue weighted by Gasteiger charge is 2.23. The molecule has 1 atom stereocenters. The Morgan fingerprint density at radius 3 is 2.93 bits per heavy atom. The lowest BCUT2D eigenvalue weighted by atomic mass is 10.2. The van der Waals surface area contributed by atoms with E-state index in [1.165, 1.54) is 19.0 Å². The molecule has 1 fully saturated rings. The fourth-order valence-electron chi connectivity index (χ4n) is 1.35. The summed E-state index contributed by atoms with van der Waals surface area (Å²) < 4.78 is 12.8. The van der Waals surface area contributed by atoms with Gasteiger partial charge in [0.1, 0.15) is 0 Å². The number of hydrogen-bond acceptors (Lipinski definition) is 2. The summed E-state index contributed by atoms with van der Waals surface area (Å²) in [7, 11) is 0. The first kappa shape index (κ1) is 9.87. The number of rotatable bonds is 3. The smallest absolute Gasteiger partial charge is 0.160 e. The van der Waals surface area contributed by atoms with Gasteiger partial charge in [0.25, 0.3) is 0 Å². The van der Waals surface area contributed by atoms with Crippen LogP contribution in [-0.2, 0) is 0 Å². The van der Waals surface area contributed by atoms with E-state index in [-0.39, 0.29) is 11.1 Å². The third-order valence-corrected chi connectivity index (χ3v) is 2.63. The van der Waals surface area contributed by atoms with E-state index >= 15 is 0 Å². The van der Waals surface area contributed by atoms with Gasteiger partial charge in [-0.1, -0.05) is 11.6 Å². The van der Waals surface area contributed by atoms with Crippen LogP contribution in [0.5, 0.6) is 0 Å². The molecule has 14 heavy (non-hydrogen) atoms. The van der Waals surface area contributed by atoms with E-state index < -0.39 is 5.82 Å². The Morgan fingerprint density at radius 2 is 2.36 bits per heavy atom. The highest BCUT2D eigenvalue weighted by Crippen LogP contribution is 2.24. The molecular formula is C10H12ClFN2. The molecule has 0 aliphatic heterocycles. The SMILES string of the molecule is CC(NC1CC1)c1cc(Cl)c(F)cn1. The Labute approximate surface area is 87.5 Å². The third-order valence-electron chi connectivity index (χ3n) is 2.34. The predicted molar refractivity (Wildman–Crippen MR) is 53.8 cm³/mol. The lowest BCUT2D eigenvalue weighted by Crippen LogP contribution is -2.21. The topological polar surface area (TPSA) is 24.9 Å². The number of hydrogen-bond donors (Lipinski definition) is 1. The molecule has 0 amide bonds. The van der Waals surface area contributed by atoms with E-state index in [0.717, 1.165) is 5.69 Å². The minimum Gasteiger partial charge on any atom is -0.306 e. The molecule has 0 spiro atoms. The zero-order valence-electron chi connectivity index (χ0n) is 7.93. The lowest BCUT2D eigenvalue weighted by molar-refractivity contribution is 0.552. The average Bonchev–Trinajstić information content (AvgIpc) is 2.93. The fourth-order valence-corrected chi connectivity index (χ4v) is 1.52. The minimum atomic E-state index is -0.464. The first-order chi connectivity index (χ1) is 6.66. The number of aromatic nitrogens is 1. The molecule has 2 nitrogen and oxygen atoms in total. The second-order valence-electron chi connectivity index (χ2n) is 3.69. The van der Waals surface area contributed by atoms with Gasteiger partial charge in [0.05, 0.1) is 16.9 Å². The molecule has 1 aliphatic carbocycles. The van der Waals surface area contributed by atoms with Crippen LogP contribution in [0.15, 0.2) is 12.3 Å². The van der Waals surface area contributed by atoms with Gasteiger partial charge >= 0.3 is 0 Å². The third kappa shape index (κ3) is 2.22. The summed E-state index contributed by atoms with van der Waals surface area (Å²) in [6.45, 7) is 2.01. The van der Waals surface area contributed by atoms with E-state index in [9.17, 15) is 4.39 Å². The Balaban J connectivity index is 2.10. The quantitative estimate of drug-likeness (QED) is 0.837. The van der Waals surface area contributed by atoms with E-state index in [4.69, 9.17) is 11.6 Å². The van der Waals surface area contributed by atoms with Crippen LogP contribution in [0.3, 0.4) is 0 Å². The Bertz CT molecular complexity index is 339. The van der Waals surface area contributed by atoms with Gasteiger partial charge in [-0.15, -0.1) is 0 Å². The van der Waals surface area contributed by atoms with Gasteiger partial charge in [0.2, 0.25) is 0 Å². The van der Waals surface area contributed by atoms with Crippen molar-refractivity contribution in [1.82, 2.24) is 10.3 Å². The van der Waals surface area contributed by atoms with Gasteiger partial charge in [-0.05, 0) is 25.8 Å². The normalized spacial score (nSPS) is 18.2. The van der Waals surface area contributed by atoms with Crippen molar-refractivity contribution in [3.8, 4) is 0 Å². The zero-order chi connectivity index (χ0) is 10.1. The molecule has 4 heteroatoms. The van der Waals surface area contributed by atoms with Crippen LogP contribution >= 0.6 is 11.6 Å². The van der Waals surface area contributed by atoms with Crippen molar-refractivity contribution in [2.24, 2.45) is 0 Å². The van der Waals surface area contributed by atoms with Gasteiger partial charge in [0.15, 0.2) is 5.82 Å². The highest BCUT2D eigenvalue weighted by molar-refractivity contribution is 6.30. The maximum Gasteiger partial charge on any atom is 0.160 e. The molecule has 1 unspecified atom stereocenters. The summed E-state index contributed by atoms with van der Waals surface area (Å²) in [5.41, 5.74) is 0.795. The minimum absolute atomic E-state index is 0.138. The highest BCUT2D eigenvalue weighted by atomic mass is 35.5. The second kappa shape index (κ2) is 3.83. The second-order valence-corrected chi connectivity index (χ2v) is 4.09. The van der Waals surface area contributed by atoms with Gasteiger partial charge in [-0.3, -0.25) is 4.98 Å². The van der Waals surface area contributed by atoms with Crippen molar-refractivity contribution in [1.29, 1.82) is 0 Å². The summed E-state index contributed by atoms with van der Waals surface area (Å²) in [6.07, 6.45) is 3.61. The Morgan fingerprint density at radius 1 is 1.64 bits per heavy atom. The van der Waals surface area contributed by atoms with Crippen LogP contribution in [0.1, 0.15) is 31.5 Å². The predicted octanol–water partition coefficient (Wildman–Crippen LogP) is 2.69. The molecule has 0 radical (unpaired) electrons. The molecule has 1 N–H and O–H groups in total. The molecule has 0 saturated heterocycles. The van der Waals surface area contributed by atoms with Crippen molar-refractivity contribution in [2.45, 2.75) is 31.8 Å². The van der Waals surface area contributed by atoms with Crippen molar-refractivity contribution < 1.29 is 4.39 Å². The van der Waals surface area contributed by atoms with Crippen LogP contribution in [0.4, 0.5) is 4.39 Å². The number of nitrogens with one attached hydrogen (secondary N) is 1. The van der Waals surface area contributed by atoms with E-state index in [1.54, 1.807) is 6.07 Å². The first-order valence-electron chi connectivity index (χ1n) is 4.74. The number of nitrogens with zero attached hydrogens (tertiary/aromatic N) is 1. The number of pyridine rings is 1. The van der Waals surface area contributed by atoms with E-state index in [2.05, 4.69) is 10.3 Å². The molecule has 0 aromatic carbocycles. The van der Waals surface area contributed by atoms with E-state index in [0.29, 0.717) is 6.04 Å². The maximum atomic E-state index is 12.8. The first-order valence-corrected chi connectivity index (χ1v) is 5.11. The van der Waals surface area contributed by atoms with Crippen molar-refractivity contribution in [3.05, 3.63) is 28.8 Å². The maximum absolute atomic E-state index is 12.8. The largest absolute Gasteiger partial charge is 0.306 e. The summed E-state index contributed by atoms with van der Waals surface area (Å²) in [5, 5.41) is 3.51. The van der Waals surface area contributed by atoms with Crippen LogP contribution in [0.25, 0.3) is 0 Å². The molecule has 76 valence electrons. The Hall–Kier alpha value is -0.670. The summed E-state index contributed by atoms with van der Waals surface area (Å²) >= 11 is 5.67. The molecule has 1 heterocycles. The van der Waals surface area contributed by atoms with Gasteiger partial charge in [-0.2, -0.15) is 0 Å². The molecule has 1 aromatic heterocycles. The summed E-state index contributed by atoms with van der Waals surface area (Å²) in [6, 6.07) is 2.33. The molecule has 2 rings (SSSR count). The van der Waals surface area contributed by atoms with E-state index in [1.807, 2.05) is 6.92 Å². The van der Waals surface area contributed by atoms with Crippen LogP contribution in [0, 0.1) is 5.82 Å². The standard InChI is InChI=1S/C10H12ClFN2/c1-6(14-7-2-3-7)10-4-8(11)9(12)5-13-10/h4-7,14H,2-3H2,1H3. The monoisotopic (exact) mass is 214 g/mol. The zero-order valence-corrected chi connectivity index (χ0v) is 8.68. The molecule has 1 aromatic rings. The molecule has 1 saturated carbocycles. The summed E-state index contributed by atoms with van der Waals surface area (Å²) in [5.74, 6) is -0.464. The van der Waals surface area contributed by atoms with Crippen LogP contribution < -0.4 is 5.32 Å². The summed E-state index contributed by atoms with van der Waals surface area (Å²) in [4.78, 5) is 4.00. The lowest BCUT2D eigenvalue weighted by Gasteiger charge is -2.12. The van der Waals surface area contributed by atoms with Crippen LogP contribution in [0.2, 0.25) is 5.02 Å². The van der Waals surface area contributed by atoms with Gasteiger partial charge < -0.3 is 5.32 Å². The van der Waals surface area contributed by atoms with Gasteiger partial charge in [-0.25, -0.2) is 4.39 Å². The fraction of sp³-hybridized carbons (Fsp3) is 0.500. The van der Waals surface area contributed by atoms with Gasteiger partial charge in [0, 0.05) is 12.1 Å². The molecular weight excluding hydrogens is 203 g/mol. The average molecular weight is 215 g/mol. The molecule has 1 aliphatic rings. The Kier molecular flexibility index (Phi) is 2.70. The van der Waals surface area contributed by atoms with Crippen LogP contribution in [-0.4, -0.2) is 11.0 Å². The van der Waals surface area contributed by atoms with Crippen molar-refractivity contribution in [3.63, 3.8) is 0 Å². The van der Waals surface area contributed by atoms with Crippen molar-refractivity contribution in [2.75, 3.05) is 0 Å².